The maximum absolute atomic E-state index is 12.6. The molecule has 1 aromatic rings. The van der Waals surface area contributed by atoms with Crippen molar-refractivity contribution in [3.8, 4) is 0 Å². The number of benzene rings is 1. The Kier molecular flexibility index (Phi) is 5.24. The summed E-state index contributed by atoms with van der Waals surface area (Å²) in [5.74, 6) is 0.722. The van der Waals surface area contributed by atoms with E-state index in [0.29, 0.717) is 19.1 Å². The Hall–Kier alpha value is -2.57. The molecule has 1 saturated heterocycles. The van der Waals surface area contributed by atoms with Crippen LogP contribution in [0.5, 0.6) is 0 Å². The van der Waals surface area contributed by atoms with E-state index in [2.05, 4.69) is 28.1 Å². The van der Waals surface area contributed by atoms with Crippen LogP contribution in [-0.2, 0) is 9.59 Å². The van der Waals surface area contributed by atoms with Gasteiger partial charge in [-0.1, -0.05) is 25.0 Å². The smallest absolute Gasteiger partial charge is 0.242 e. The molecule has 1 atom stereocenters. The highest BCUT2D eigenvalue weighted by Gasteiger charge is 2.44. The predicted octanol–water partition coefficient (Wildman–Crippen LogP) is 2.36. The van der Waals surface area contributed by atoms with E-state index < -0.39 is 5.54 Å². The number of aliphatic imine (C=N–C) groups is 1. The van der Waals surface area contributed by atoms with Gasteiger partial charge in [-0.25, -0.2) is 0 Å². The molecule has 1 spiro atoms. The standard InChI is InChI=1S/C21H29N5O2/c1-15(27)22-13-19(28)26-12-6-11-21(14-26)20(23-16-7-2-3-8-16)24-17-9-4-5-10-18(17)25-21/h4-5,9-10,16,25H,2-3,6-8,11-14H2,1H3,(H,22,27)(H,23,24). The van der Waals surface area contributed by atoms with Gasteiger partial charge in [0, 0.05) is 13.5 Å². The van der Waals surface area contributed by atoms with E-state index in [-0.39, 0.29) is 18.4 Å². The summed E-state index contributed by atoms with van der Waals surface area (Å²) in [7, 11) is 0. The van der Waals surface area contributed by atoms with Crippen LogP contribution in [0.25, 0.3) is 0 Å². The zero-order valence-corrected chi connectivity index (χ0v) is 16.5. The van der Waals surface area contributed by atoms with Crippen molar-refractivity contribution in [2.75, 3.05) is 30.3 Å². The summed E-state index contributed by atoms with van der Waals surface area (Å²) < 4.78 is 0. The van der Waals surface area contributed by atoms with Gasteiger partial charge in [-0.3, -0.25) is 14.6 Å². The quantitative estimate of drug-likeness (QED) is 0.748. The molecule has 2 fully saturated rings. The summed E-state index contributed by atoms with van der Waals surface area (Å²) >= 11 is 0. The van der Waals surface area contributed by atoms with E-state index in [1.54, 1.807) is 0 Å². The molecule has 7 heteroatoms. The van der Waals surface area contributed by atoms with Crippen LogP contribution in [-0.4, -0.2) is 53.8 Å². The van der Waals surface area contributed by atoms with Crippen LogP contribution in [0.15, 0.2) is 29.3 Å². The molecule has 3 aliphatic rings. The number of hydrogen-bond donors (Lipinski definition) is 3. The molecule has 28 heavy (non-hydrogen) atoms. The van der Waals surface area contributed by atoms with Crippen LogP contribution in [0.4, 0.5) is 11.4 Å². The van der Waals surface area contributed by atoms with Gasteiger partial charge >= 0.3 is 0 Å². The highest BCUT2D eigenvalue weighted by atomic mass is 16.2. The monoisotopic (exact) mass is 383 g/mol. The highest BCUT2D eigenvalue weighted by Crippen LogP contribution is 2.37. The number of carbonyl (C=O) groups excluding carboxylic acids is 2. The van der Waals surface area contributed by atoms with Crippen molar-refractivity contribution in [2.45, 2.75) is 57.0 Å². The number of fused-ring (bicyclic) bond motifs is 1. The molecule has 1 aromatic carbocycles. The van der Waals surface area contributed by atoms with Gasteiger partial charge < -0.3 is 20.9 Å². The molecule has 1 unspecified atom stereocenters. The topological polar surface area (TPSA) is 85.8 Å². The van der Waals surface area contributed by atoms with Crippen LogP contribution in [0.3, 0.4) is 0 Å². The average Bonchev–Trinajstić information content (AvgIpc) is 3.20. The largest absolute Gasteiger partial charge is 0.370 e. The Morgan fingerprint density at radius 2 is 1.96 bits per heavy atom. The van der Waals surface area contributed by atoms with E-state index in [1.807, 2.05) is 17.0 Å². The number of nitrogens with zero attached hydrogens (tertiary/aromatic N) is 2. The molecular formula is C21H29N5O2. The van der Waals surface area contributed by atoms with Gasteiger partial charge in [0.2, 0.25) is 11.8 Å². The summed E-state index contributed by atoms with van der Waals surface area (Å²) in [4.78, 5) is 30.8. The van der Waals surface area contributed by atoms with E-state index in [4.69, 9.17) is 4.99 Å². The van der Waals surface area contributed by atoms with Gasteiger partial charge in [0.25, 0.3) is 0 Å². The van der Waals surface area contributed by atoms with Gasteiger partial charge in [0.15, 0.2) is 0 Å². The van der Waals surface area contributed by atoms with Crippen molar-refractivity contribution in [1.82, 2.24) is 10.2 Å². The summed E-state index contributed by atoms with van der Waals surface area (Å²) in [5.41, 5.74) is 1.68. The number of rotatable bonds is 3. The zero-order chi connectivity index (χ0) is 19.6. The van der Waals surface area contributed by atoms with E-state index >= 15 is 0 Å². The minimum Gasteiger partial charge on any atom is -0.370 e. The SMILES string of the molecule is CC(=O)NCC(=O)N1CCCC2(C1)Nc1ccccc1NC2=NC1CCCC1. The fourth-order valence-electron chi connectivity index (χ4n) is 4.51. The lowest BCUT2D eigenvalue weighted by Gasteiger charge is -2.47. The van der Waals surface area contributed by atoms with Gasteiger partial charge in [0.1, 0.15) is 11.4 Å². The van der Waals surface area contributed by atoms with Crippen molar-refractivity contribution in [3.05, 3.63) is 24.3 Å². The Morgan fingerprint density at radius 1 is 1.21 bits per heavy atom. The van der Waals surface area contributed by atoms with E-state index in [1.165, 1.54) is 19.8 Å². The second kappa shape index (κ2) is 7.81. The number of piperidine rings is 1. The number of amides is 2. The minimum absolute atomic E-state index is 0.0462. The summed E-state index contributed by atoms with van der Waals surface area (Å²) in [5, 5.41) is 9.91. The van der Waals surface area contributed by atoms with Crippen LogP contribution >= 0.6 is 0 Å². The number of likely N-dealkylation sites (tertiary alicyclic amines) is 1. The molecule has 2 amide bonds. The van der Waals surface area contributed by atoms with Crippen molar-refractivity contribution < 1.29 is 9.59 Å². The maximum Gasteiger partial charge on any atom is 0.242 e. The van der Waals surface area contributed by atoms with Crippen molar-refractivity contribution >= 4 is 29.0 Å². The summed E-state index contributed by atoms with van der Waals surface area (Å²) in [6.45, 7) is 2.74. The number of hydrogen-bond acceptors (Lipinski definition) is 4. The molecule has 0 bridgehead atoms. The number of nitrogens with one attached hydrogen (secondary N) is 3. The molecule has 2 heterocycles. The van der Waals surface area contributed by atoms with Crippen LogP contribution in [0.1, 0.15) is 45.4 Å². The van der Waals surface area contributed by atoms with Gasteiger partial charge in [-0.2, -0.15) is 0 Å². The van der Waals surface area contributed by atoms with Crippen molar-refractivity contribution in [2.24, 2.45) is 4.99 Å². The van der Waals surface area contributed by atoms with Crippen LogP contribution in [0.2, 0.25) is 0 Å². The van der Waals surface area contributed by atoms with Crippen LogP contribution < -0.4 is 16.0 Å². The first-order valence-electron chi connectivity index (χ1n) is 10.3. The normalized spacial score (nSPS) is 25.9. The molecule has 2 aliphatic heterocycles. The minimum atomic E-state index is -0.402. The second-order valence-electron chi connectivity index (χ2n) is 8.12. The number of amidine groups is 1. The first-order valence-corrected chi connectivity index (χ1v) is 10.3. The summed E-state index contributed by atoms with van der Waals surface area (Å²) in [6.07, 6.45) is 6.55. The van der Waals surface area contributed by atoms with Gasteiger partial charge in [-0.05, 0) is 37.8 Å². The number of para-hydroxylation sites is 2. The fourth-order valence-corrected chi connectivity index (χ4v) is 4.51. The number of carbonyl (C=O) groups is 2. The Labute approximate surface area is 166 Å². The zero-order valence-electron chi connectivity index (χ0n) is 16.5. The van der Waals surface area contributed by atoms with E-state index in [9.17, 15) is 9.59 Å². The molecule has 150 valence electrons. The molecule has 1 aliphatic carbocycles. The van der Waals surface area contributed by atoms with Gasteiger partial charge in [0.05, 0.1) is 30.5 Å². The lowest BCUT2D eigenvalue weighted by atomic mass is 9.85. The van der Waals surface area contributed by atoms with E-state index in [0.717, 1.165) is 42.9 Å². The highest BCUT2D eigenvalue weighted by molar-refractivity contribution is 6.10. The molecule has 1 saturated carbocycles. The lowest BCUT2D eigenvalue weighted by molar-refractivity contribution is -0.133. The molecule has 0 radical (unpaired) electrons. The molecule has 0 aromatic heterocycles. The molecule has 7 nitrogen and oxygen atoms in total. The van der Waals surface area contributed by atoms with Gasteiger partial charge in [-0.15, -0.1) is 0 Å². The molecule has 4 rings (SSSR count). The third-order valence-electron chi connectivity index (χ3n) is 5.98. The third-order valence-corrected chi connectivity index (χ3v) is 5.98. The molecular weight excluding hydrogens is 354 g/mol. The second-order valence-corrected chi connectivity index (χ2v) is 8.12. The third kappa shape index (κ3) is 3.84. The first kappa shape index (κ1) is 18.8. The Bertz CT molecular complexity index is 787. The Balaban J connectivity index is 1.61. The first-order chi connectivity index (χ1) is 13.6. The van der Waals surface area contributed by atoms with Crippen molar-refractivity contribution in [3.63, 3.8) is 0 Å². The van der Waals surface area contributed by atoms with Crippen molar-refractivity contribution in [1.29, 1.82) is 0 Å². The fraction of sp³-hybridized carbons (Fsp3) is 0.571. The lowest BCUT2D eigenvalue weighted by Crippen LogP contribution is -2.63. The maximum atomic E-state index is 12.6. The Morgan fingerprint density at radius 3 is 2.71 bits per heavy atom. The molecule has 3 N–H and O–H groups in total. The number of anilines is 2. The average molecular weight is 383 g/mol. The predicted molar refractivity (Wildman–Crippen MR) is 111 cm³/mol. The van der Waals surface area contributed by atoms with Crippen LogP contribution in [0, 0.1) is 0 Å². The summed E-state index contributed by atoms with van der Waals surface area (Å²) in [6, 6.07) is 8.51.